The summed E-state index contributed by atoms with van der Waals surface area (Å²) in [6, 6.07) is 6.22. The molecule has 12 heteroatoms. The SMILES string of the molecule is O=C(O)c1cccc(C(=O)O)c1O[PH](=O)Oc1c(C(=O)O)cccc1C(=O)O. The largest absolute Gasteiger partial charge is 0.478 e. The van der Waals surface area contributed by atoms with Crippen LogP contribution in [0.1, 0.15) is 41.4 Å². The third kappa shape index (κ3) is 4.27. The molecule has 0 bridgehead atoms. The fourth-order valence-corrected chi connectivity index (χ4v) is 2.97. The van der Waals surface area contributed by atoms with Gasteiger partial charge in [-0.2, -0.15) is 0 Å². The quantitative estimate of drug-likeness (QED) is 0.468. The van der Waals surface area contributed by atoms with Gasteiger partial charge in [0.25, 0.3) is 0 Å². The molecule has 11 nitrogen and oxygen atoms in total. The van der Waals surface area contributed by atoms with Crippen LogP contribution in [0.5, 0.6) is 11.5 Å². The van der Waals surface area contributed by atoms with E-state index < -0.39 is 65.9 Å². The minimum Gasteiger partial charge on any atom is -0.478 e. The molecule has 0 aliphatic rings. The fraction of sp³-hybridized carbons (Fsp3) is 0. The van der Waals surface area contributed by atoms with Crippen LogP contribution in [0.15, 0.2) is 36.4 Å². The summed E-state index contributed by atoms with van der Waals surface area (Å²) < 4.78 is 21.9. The molecule has 0 radical (unpaired) electrons. The van der Waals surface area contributed by atoms with Gasteiger partial charge in [-0.1, -0.05) is 12.1 Å². The number of carbonyl (C=O) groups is 4. The van der Waals surface area contributed by atoms with Crippen molar-refractivity contribution in [2.75, 3.05) is 0 Å². The van der Waals surface area contributed by atoms with E-state index in [-0.39, 0.29) is 0 Å². The van der Waals surface area contributed by atoms with Gasteiger partial charge in [-0.05, 0) is 24.3 Å². The zero-order chi connectivity index (χ0) is 21.0. The van der Waals surface area contributed by atoms with Crippen LogP contribution in [0.3, 0.4) is 0 Å². The number of aromatic carboxylic acids is 4. The molecule has 0 saturated heterocycles. The summed E-state index contributed by atoms with van der Waals surface area (Å²) in [5, 5.41) is 36.6. The summed E-state index contributed by atoms with van der Waals surface area (Å²) in [6.07, 6.45) is 0. The summed E-state index contributed by atoms with van der Waals surface area (Å²) in [6.45, 7) is 0. The molecule has 0 spiro atoms. The Morgan fingerprint density at radius 3 is 1.07 bits per heavy atom. The van der Waals surface area contributed by atoms with Crippen LogP contribution < -0.4 is 9.05 Å². The number of carboxylic acid groups (broad SMARTS) is 4. The molecule has 0 amide bonds. The van der Waals surface area contributed by atoms with Crippen LogP contribution >= 0.6 is 8.25 Å². The average Bonchev–Trinajstić information content (AvgIpc) is 2.61. The van der Waals surface area contributed by atoms with Crippen LogP contribution in [-0.4, -0.2) is 44.3 Å². The van der Waals surface area contributed by atoms with Crippen molar-refractivity contribution in [2.45, 2.75) is 0 Å². The molecule has 2 aromatic carbocycles. The van der Waals surface area contributed by atoms with Crippen molar-refractivity contribution in [2.24, 2.45) is 0 Å². The summed E-state index contributed by atoms with van der Waals surface area (Å²) in [5.74, 6) is -7.88. The van der Waals surface area contributed by atoms with E-state index in [0.29, 0.717) is 0 Å². The Hall–Kier alpha value is -3.85. The van der Waals surface area contributed by atoms with Crippen LogP contribution in [0.2, 0.25) is 0 Å². The first-order valence-electron chi connectivity index (χ1n) is 7.22. The van der Waals surface area contributed by atoms with Crippen molar-refractivity contribution < 1.29 is 53.2 Å². The van der Waals surface area contributed by atoms with E-state index in [0.717, 1.165) is 36.4 Å². The Morgan fingerprint density at radius 2 is 0.857 bits per heavy atom. The Kier molecular flexibility index (Phi) is 6.01. The van der Waals surface area contributed by atoms with Gasteiger partial charge in [-0.25, -0.2) is 23.7 Å². The summed E-state index contributed by atoms with van der Waals surface area (Å²) in [5.41, 5.74) is -2.53. The number of hydrogen-bond acceptors (Lipinski definition) is 7. The number of carboxylic acids is 4. The van der Waals surface area contributed by atoms with Crippen molar-refractivity contribution in [3.8, 4) is 11.5 Å². The summed E-state index contributed by atoms with van der Waals surface area (Å²) >= 11 is 0. The van der Waals surface area contributed by atoms with Gasteiger partial charge in [0.15, 0.2) is 11.5 Å². The van der Waals surface area contributed by atoms with E-state index in [1.807, 2.05) is 0 Å². The van der Waals surface area contributed by atoms with E-state index in [9.17, 15) is 23.7 Å². The maximum atomic E-state index is 12.3. The molecule has 0 atom stereocenters. The highest BCUT2D eigenvalue weighted by atomic mass is 31.1. The van der Waals surface area contributed by atoms with Crippen molar-refractivity contribution in [1.29, 1.82) is 0 Å². The Labute approximate surface area is 156 Å². The topological polar surface area (TPSA) is 185 Å². The first kappa shape index (κ1) is 20.5. The highest BCUT2D eigenvalue weighted by Crippen LogP contribution is 2.38. The first-order valence-corrected chi connectivity index (χ1v) is 8.44. The first-order chi connectivity index (χ1) is 13.1. The molecule has 28 heavy (non-hydrogen) atoms. The van der Waals surface area contributed by atoms with Gasteiger partial charge in [-0.3, -0.25) is 0 Å². The molecule has 0 heterocycles. The van der Waals surface area contributed by atoms with E-state index in [2.05, 4.69) is 0 Å². The van der Waals surface area contributed by atoms with Gasteiger partial charge in [0, 0.05) is 0 Å². The van der Waals surface area contributed by atoms with Crippen molar-refractivity contribution in [3.63, 3.8) is 0 Å². The van der Waals surface area contributed by atoms with Crippen molar-refractivity contribution in [3.05, 3.63) is 58.7 Å². The Balaban J connectivity index is 2.47. The minimum atomic E-state index is -3.82. The predicted octanol–water partition coefficient (Wildman–Crippen LogP) is 2.33. The van der Waals surface area contributed by atoms with Gasteiger partial charge >= 0.3 is 32.1 Å². The number of benzene rings is 2. The maximum Gasteiger partial charge on any atom is 0.419 e. The van der Waals surface area contributed by atoms with Crippen LogP contribution in [0.25, 0.3) is 0 Å². The molecule has 2 aromatic rings. The van der Waals surface area contributed by atoms with Crippen LogP contribution in [-0.2, 0) is 4.57 Å². The number of para-hydroxylation sites is 2. The molecular formula is C16H11O11P. The lowest BCUT2D eigenvalue weighted by Gasteiger charge is -2.14. The zero-order valence-electron chi connectivity index (χ0n) is 13.6. The minimum absolute atomic E-state index is 0.633. The fourth-order valence-electron chi connectivity index (χ4n) is 2.16. The molecule has 0 saturated carbocycles. The normalized spacial score (nSPS) is 10.3. The maximum absolute atomic E-state index is 12.3. The molecule has 146 valence electrons. The molecular weight excluding hydrogens is 399 g/mol. The second kappa shape index (κ2) is 8.23. The molecule has 4 N–H and O–H groups in total. The average molecular weight is 410 g/mol. The number of rotatable bonds is 8. The molecule has 0 aromatic heterocycles. The van der Waals surface area contributed by atoms with Crippen molar-refractivity contribution in [1.82, 2.24) is 0 Å². The lowest BCUT2D eigenvalue weighted by Crippen LogP contribution is -2.09. The zero-order valence-corrected chi connectivity index (χ0v) is 14.6. The van der Waals surface area contributed by atoms with Crippen LogP contribution in [0, 0.1) is 0 Å². The molecule has 0 aliphatic heterocycles. The van der Waals surface area contributed by atoms with Gasteiger partial charge in [-0.15, -0.1) is 0 Å². The van der Waals surface area contributed by atoms with E-state index >= 15 is 0 Å². The lowest BCUT2D eigenvalue weighted by molar-refractivity contribution is 0.0673. The smallest absolute Gasteiger partial charge is 0.419 e. The Morgan fingerprint density at radius 1 is 0.607 bits per heavy atom. The molecule has 0 aliphatic carbocycles. The van der Waals surface area contributed by atoms with Crippen LogP contribution in [0.4, 0.5) is 0 Å². The Bertz CT molecular complexity index is 868. The van der Waals surface area contributed by atoms with E-state index in [1.54, 1.807) is 0 Å². The van der Waals surface area contributed by atoms with Gasteiger partial charge in [0.1, 0.15) is 22.3 Å². The van der Waals surface area contributed by atoms with Gasteiger partial charge in [0.2, 0.25) is 0 Å². The van der Waals surface area contributed by atoms with Gasteiger partial charge < -0.3 is 29.5 Å². The lowest BCUT2D eigenvalue weighted by atomic mass is 10.1. The third-order valence-electron chi connectivity index (χ3n) is 3.32. The van der Waals surface area contributed by atoms with Gasteiger partial charge in [0.05, 0.1) is 0 Å². The van der Waals surface area contributed by atoms with Crippen molar-refractivity contribution >= 4 is 32.1 Å². The van der Waals surface area contributed by atoms with E-state index in [1.165, 1.54) is 0 Å². The molecule has 2 rings (SSSR count). The highest BCUT2D eigenvalue weighted by Gasteiger charge is 2.25. The monoisotopic (exact) mass is 410 g/mol. The predicted molar refractivity (Wildman–Crippen MR) is 91.0 cm³/mol. The highest BCUT2D eigenvalue weighted by molar-refractivity contribution is 7.34. The molecule has 0 unspecified atom stereocenters. The second-order valence-electron chi connectivity index (χ2n) is 5.04. The second-order valence-corrected chi connectivity index (χ2v) is 5.95. The number of hydrogen-bond donors (Lipinski definition) is 4. The summed E-state index contributed by atoms with van der Waals surface area (Å²) in [4.78, 5) is 45.1. The third-order valence-corrected chi connectivity index (χ3v) is 4.06. The van der Waals surface area contributed by atoms with E-state index in [4.69, 9.17) is 29.5 Å². The summed E-state index contributed by atoms with van der Waals surface area (Å²) in [7, 11) is -3.82. The molecule has 0 fully saturated rings. The standard InChI is InChI=1S/C16H11O11P/c17-13(18)7-3-1-4-8(14(19)20)11(7)26-28(25)27-12-9(15(21)22)5-2-6-10(12)16(23)24/h1-6,28H,(H,17,18)(H,19,20)(H,21,22)(H,23,24).